The zero-order valence-electron chi connectivity index (χ0n) is 12.6. The normalized spacial score (nSPS) is 19.1. The van der Waals surface area contributed by atoms with Crippen LogP contribution in [0, 0.1) is 13.8 Å². The Kier molecular flexibility index (Phi) is 4.06. The summed E-state index contributed by atoms with van der Waals surface area (Å²) in [4.78, 5) is 0. The van der Waals surface area contributed by atoms with Gasteiger partial charge in [0, 0.05) is 0 Å². The summed E-state index contributed by atoms with van der Waals surface area (Å²) in [5, 5.41) is 0. The van der Waals surface area contributed by atoms with Gasteiger partial charge in [-0.2, -0.15) is 0 Å². The molecule has 0 saturated heterocycles. The molecule has 1 aliphatic rings. The highest BCUT2D eigenvalue weighted by Crippen LogP contribution is 2.37. The number of nitrogens with two attached hydrogens (primary N) is 1. The maximum Gasteiger partial charge on any atom is 0.103 e. The molecule has 2 atom stereocenters. The molecule has 2 aromatic carbocycles. The predicted octanol–water partition coefficient (Wildman–Crippen LogP) is 3.12. The number of hydrogen-bond donors (Lipinski definition) is 2. The zero-order chi connectivity index (χ0) is 14.8. The van der Waals surface area contributed by atoms with Crippen molar-refractivity contribution in [1.82, 2.24) is 5.43 Å². The number of hydrogen-bond acceptors (Lipinski definition) is 3. The maximum atomic E-state index is 6.06. The average molecular weight is 282 g/mol. The second-order valence-electron chi connectivity index (χ2n) is 5.67. The van der Waals surface area contributed by atoms with E-state index >= 15 is 0 Å². The van der Waals surface area contributed by atoms with Gasteiger partial charge in [-0.25, -0.2) is 5.43 Å². The third kappa shape index (κ3) is 2.60. The van der Waals surface area contributed by atoms with Crippen molar-refractivity contribution in [3.63, 3.8) is 0 Å². The van der Waals surface area contributed by atoms with E-state index in [4.69, 9.17) is 10.6 Å². The van der Waals surface area contributed by atoms with Gasteiger partial charge in [0.1, 0.15) is 6.10 Å². The lowest BCUT2D eigenvalue weighted by Gasteiger charge is -2.33. The predicted molar refractivity (Wildman–Crippen MR) is 84.8 cm³/mol. The van der Waals surface area contributed by atoms with Gasteiger partial charge in [0.25, 0.3) is 0 Å². The summed E-state index contributed by atoms with van der Waals surface area (Å²) in [7, 11) is 0. The first-order valence-corrected chi connectivity index (χ1v) is 7.44. The highest BCUT2D eigenvalue weighted by molar-refractivity contribution is 5.39. The van der Waals surface area contributed by atoms with E-state index in [9.17, 15) is 0 Å². The van der Waals surface area contributed by atoms with Crippen molar-refractivity contribution < 1.29 is 4.74 Å². The number of benzene rings is 2. The van der Waals surface area contributed by atoms with Crippen LogP contribution in [0.25, 0.3) is 0 Å². The van der Waals surface area contributed by atoms with Gasteiger partial charge in [0.2, 0.25) is 0 Å². The minimum atomic E-state index is -0.0413. The zero-order valence-corrected chi connectivity index (χ0v) is 12.6. The molecular formula is C18H22N2O. The van der Waals surface area contributed by atoms with Gasteiger partial charge in [-0.1, -0.05) is 42.5 Å². The van der Waals surface area contributed by atoms with Gasteiger partial charge >= 0.3 is 0 Å². The van der Waals surface area contributed by atoms with Crippen LogP contribution in [0.15, 0.2) is 42.5 Å². The molecule has 3 nitrogen and oxygen atoms in total. The summed E-state index contributed by atoms with van der Waals surface area (Å²) in [6.07, 6.45) is 0.928. The molecule has 0 fully saturated rings. The van der Waals surface area contributed by atoms with Crippen LogP contribution in [0.4, 0.5) is 0 Å². The molecule has 0 aliphatic carbocycles. The van der Waals surface area contributed by atoms with Gasteiger partial charge < -0.3 is 4.74 Å². The first kappa shape index (κ1) is 14.3. The molecule has 3 N–H and O–H groups in total. The Labute approximate surface area is 126 Å². The summed E-state index contributed by atoms with van der Waals surface area (Å²) < 4.78 is 6.06. The molecule has 2 unspecified atom stereocenters. The SMILES string of the molecule is Cc1cccc(C(NN)C2OCCc3ccccc32)c1C. The van der Waals surface area contributed by atoms with Crippen molar-refractivity contribution in [1.29, 1.82) is 0 Å². The van der Waals surface area contributed by atoms with E-state index in [1.54, 1.807) is 0 Å². The minimum absolute atomic E-state index is 0.0358. The van der Waals surface area contributed by atoms with E-state index in [-0.39, 0.29) is 12.1 Å². The van der Waals surface area contributed by atoms with Gasteiger partial charge in [-0.15, -0.1) is 0 Å². The Bertz CT molecular complexity index is 639. The standard InChI is InChI=1S/C18H22N2O/c1-12-6-5-9-15(13(12)2)17(20-19)18-16-8-4-3-7-14(16)10-11-21-18/h3-9,17-18,20H,10-11,19H2,1-2H3. The molecule has 0 amide bonds. The lowest BCUT2D eigenvalue weighted by molar-refractivity contribution is 0.0145. The first-order chi connectivity index (χ1) is 10.2. The van der Waals surface area contributed by atoms with E-state index < -0.39 is 0 Å². The number of fused-ring (bicyclic) bond motifs is 1. The van der Waals surface area contributed by atoms with Crippen LogP contribution in [0.5, 0.6) is 0 Å². The number of aryl methyl sites for hydroxylation is 1. The maximum absolute atomic E-state index is 6.06. The van der Waals surface area contributed by atoms with E-state index in [1.807, 2.05) is 0 Å². The van der Waals surface area contributed by atoms with Crippen molar-refractivity contribution in [2.75, 3.05) is 6.61 Å². The summed E-state index contributed by atoms with van der Waals surface area (Å²) in [6, 6.07) is 14.8. The largest absolute Gasteiger partial charge is 0.371 e. The van der Waals surface area contributed by atoms with Crippen LogP contribution in [0.3, 0.4) is 0 Å². The molecule has 2 aromatic rings. The van der Waals surface area contributed by atoms with Crippen LogP contribution in [0.2, 0.25) is 0 Å². The van der Waals surface area contributed by atoms with E-state index in [2.05, 4.69) is 61.7 Å². The second kappa shape index (κ2) is 5.98. The number of nitrogens with one attached hydrogen (secondary N) is 1. The van der Waals surface area contributed by atoms with Crippen LogP contribution in [-0.4, -0.2) is 6.61 Å². The van der Waals surface area contributed by atoms with Gasteiger partial charge in [0.15, 0.2) is 0 Å². The molecule has 3 heteroatoms. The Morgan fingerprint density at radius 1 is 1.14 bits per heavy atom. The molecule has 110 valence electrons. The molecule has 3 rings (SSSR count). The Balaban J connectivity index is 2.04. The second-order valence-corrected chi connectivity index (χ2v) is 5.67. The number of rotatable bonds is 3. The summed E-state index contributed by atoms with van der Waals surface area (Å²) in [6.45, 7) is 5.01. The third-order valence-corrected chi connectivity index (χ3v) is 4.49. The van der Waals surface area contributed by atoms with E-state index in [0.29, 0.717) is 0 Å². The lowest BCUT2D eigenvalue weighted by atomic mass is 9.87. The van der Waals surface area contributed by atoms with Crippen LogP contribution in [-0.2, 0) is 11.2 Å². The van der Waals surface area contributed by atoms with Crippen LogP contribution >= 0.6 is 0 Å². The van der Waals surface area contributed by atoms with Crippen molar-refractivity contribution in [3.8, 4) is 0 Å². The van der Waals surface area contributed by atoms with Gasteiger partial charge in [-0.3, -0.25) is 5.84 Å². The monoisotopic (exact) mass is 282 g/mol. The van der Waals surface area contributed by atoms with E-state index in [1.165, 1.54) is 27.8 Å². The molecular weight excluding hydrogens is 260 g/mol. The molecule has 0 aromatic heterocycles. The smallest absolute Gasteiger partial charge is 0.103 e. The Morgan fingerprint density at radius 2 is 1.95 bits per heavy atom. The molecule has 1 heterocycles. The Morgan fingerprint density at radius 3 is 2.76 bits per heavy atom. The first-order valence-electron chi connectivity index (χ1n) is 7.44. The van der Waals surface area contributed by atoms with Crippen LogP contribution < -0.4 is 11.3 Å². The molecule has 21 heavy (non-hydrogen) atoms. The fraction of sp³-hybridized carbons (Fsp3) is 0.333. The summed E-state index contributed by atoms with van der Waals surface area (Å²) >= 11 is 0. The number of ether oxygens (including phenoxy) is 1. The van der Waals surface area contributed by atoms with Crippen molar-refractivity contribution in [2.45, 2.75) is 32.4 Å². The molecule has 1 aliphatic heterocycles. The van der Waals surface area contributed by atoms with Crippen molar-refractivity contribution in [2.24, 2.45) is 5.84 Å². The summed E-state index contributed by atoms with van der Waals surface area (Å²) in [5.41, 5.74) is 9.33. The van der Waals surface area contributed by atoms with Gasteiger partial charge in [-0.05, 0) is 48.1 Å². The quantitative estimate of drug-likeness (QED) is 0.671. The number of hydrazine groups is 1. The molecule has 0 saturated carbocycles. The average Bonchev–Trinajstić information content (AvgIpc) is 2.52. The topological polar surface area (TPSA) is 47.3 Å². The van der Waals surface area contributed by atoms with Crippen LogP contribution in [0.1, 0.15) is 40.0 Å². The lowest BCUT2D eigenvalue weighted by Crippen LogP contribution is -2.36. The highest BCUT2D eigenvalue weighted by atomic mass is 16.5. The van der Waals surface area contributed by atoms with Crippen molar-refractivity contribution in [3.05, 3.63) is 70.3 Å². The third-order valence-electron chi connectivity index (χ3n) is 4.49. The Hall–Kier alpha value is -1.68. The molecule has 0 radical (unpaired) electrons. The highest BCUT2D eigenvalue weighted by Gasteiger charge is 2.30. The molecule has 0 bridgehead atoms. The van der Waals surface area contributed by atoms with Crippen molar-refractivity contribution >= 4 is 0 Å². The fourth-order valence-corrected chi connectivity index (χ4v) is 3.15. The van der Waals surface area contributed by atoms with Gasteiger partial charge in [0.05, 0.1) is 12.6 Å². The van der Waals surface area contributed by atoms with E-state index in [0.717, 1.165) is 13.0 Å². The molecule has 0 spiro atoms. The summed E-state index contributed by atoms with van der Waals surface area (Å²) in [5.74, 6) is 5.88. The minimum Gasteiger partial charge on any atom is -0.371 e. The fourth-order valence-electron chi connectivity index (χ4n) is 3.15.